The number of hydrogen-bond acceptors (Lipinski definition) is 4. The van der Waals surface area contributed by atoms with Gasteiger partial charge in [-0.25, -0.2) is 4.79 Å². The molecule has 0 aromatic carbocycles. The van der Waals surface area contributed by atoms with Gasteiger partial charge >= 0.3 is 6.03 Å². The van der Waals surface area contributed by atoms with Crippen molar-refractivity contribution in [3.05, 3.63) is 46.0 Å². The van der Waals surface area contributed by atoms with Gasteiger partial charge in [0.25, 0.3) is 0 Å². The summed E-state index contributed by atoms with van der Waals surface area (Å²) in [5, 5.41) is 5.17. The summed E-state index contributed by atoms with van der Waals surface area (Å²) in [6.45, 7) is 3.25. The third-order valence-electron chi connectivity index (χ3n) is 4.76. The van der Waals surface area contributed by atoms with Gasteiger partial charge in [0.15, 0.2) is 0 Å². The van der Waals surface area contributed by atoms with Gasteiger partial charge in [-0.05, 0) is 48.9 Å². The monoisotopic (exact) mass is 346 g/mol. The fourth-order valence-electron chi connectivity index (χ4n) is 3.34. The summed E-state index contributed by atoms with van der Waals surface area (Å²) in [5.74, 6) is 0.825. The Balaban J connectivity index is 1.41. The molecule has 0 unspecified atom stereocenters. The van der Waals surface area contributed by atoms with Crippen molar-refractivity contribution in [1.29, 1.82) is 0 Å². The summed E-state index contributed by atoms with van der Waals surface area (Å²) in [4.78, 5) is 16.1. The van der Waals surface area contributed by atoms with Crippen LogP contribution in [0.1, 0.15) is 48.1 Å². The van der Waals surface area contributed by atoms with Crippen LogP contribution in [0.2, 0.25) is 0 Å². The molecule has 2 amide bonds. The highest BCUT2D eigenvalue weighted by Crippen LogP contribution is 2.35. The van der Waals surface area contributed by atoms with Crippen molar-refractivity contribution in [2.75, 3.05) is 13.2 Å². The van der Waals surface area contributed by atoms with E-state index in [4.69, 9.17) is 9.15 Å². The van der Waals surface area contributed by atoms with Crippen LogP contribution in [0, 0.1) is 0 Å². The van der Waals surface area contributed by atoms with Crippen molar-refractivity contribution < 1.29 is 13.9 Å². The van der Waals surface area contributed by atoms with Crippen molar-refractivity contribution >= 4 is 17.4 Å². The third kappa shape index (κ3) is 3.08. The van der Waals surface area contributed by atoms with Crippen molar-refractivity contribution in [3.63, 3.8) is 0 Å². The molecule has 0 saturated heterocycles. The molecule has 1 saturated carbocycles. The molecule has 0 radical (unpaired) electrons. The van der Waals surface area contributed by atoms with Crippen LogP contribution < -0.4 is 5.32 Å². The summed E-state index contributed by atoms with van der Waals surface area (Å²) in [7, 11) is 0. The van der Waals surface area contributed by atoms with E-state index in [1.165, 1.54) is 10.4 Å². The smallest absolute Gasteiger partial charge is 0.318 e. The predicted octanol–water partition coefficient (Wildman–Crippen LogP) is 3.89. The molecule has 128 valence electrons. The Morgan fingerprint density at radius 1 is 1.46 bits per heavy atom. The molecule has 6 heteroatoms. The van der Waals surface area contributed by atoms with Crippen LogP contribution in [-0.2, 0) is 11.2 Å². The minimum Gasteiger partial charge on any atom is -0.467 e. The zero-order chi connectivity index (χ0) is 16.5. The minimum atomic E-state index is -0.0588. The molecule has 1 N–H and O–H groups in total. The van der Waals surface area contributed by atoms with E-state index < -0.39 is 0 Å². The van der Waals surface area contributed by atoms with E-state index in [-0.39, 0.29) is 18.2 Å². The van der Waals surface area contributed by atoms with Crippen LogP contribution in [0.4, 0.5) is 4.79 Å². The molecule has 4 rings (SSSR count). The largest absolute Gasteiger partial charge is 0.467 e. The topological polar surface area (TPSA) is 54.7 Å². The highest BCUT2D eigenvalue weighted by Gasteiger charge is 2.37. The number of rotatable bonds is 5. The molecular formula is C18H22N2O3S. The van der Waals surface area contributed by atoms with Crippen molar-refractivity contribution in [2.24, 2.45) is 0 Å². The number of nitrogens with one attached hydrogen (secondary N) is 1. The number of furan rings is 1. The van der Waals surface area contributed by atoms with E-state index in [0.717, 1.165) is 31.6 Å². The quantitative estimate of drug-likeness (QED) is 0.893. The maximum atomic E-state index is 12.8. The number of hydrogen-bond donors (Lipinski definition) is 1. The van der Waals surface area contributed by atoms with Gasteiger partial charge in [0.05, 0.1) is 18.9 Å². The van der Waals surface area contributed by atoms with Gasteiger partial charge in [0, 0.05) is 23.9 Å². The molecular weight excluding hydrogens is 324 g/mol. The van der Waals surface area contributed by atoms with Crippen LogP contribution in [-0.4, -0.2) is 30.1 Å². The maximum Gasteiger partial charge on any atom is 0.318 e. The Bertz CT molecular complexity index is 693. The van der Waals surface area contributed by atoms with E-state index in [2.05, 4.69) is 16.8 Å². The first kappa shape index (κ1) is 15.7. The third-order valence-corrected chi connectivity index (χ3v) is 5.76. The van der Waals surface area contributed by atoms with Gasteiger partial charge < -0.3 is 19.4 Å². The molecule has 1 aliphatic heterocycles. The lowest BCUT2D eigenvalue weighted by Gasteiger charge is -2.30. The van der Waals surface area contributed by atoms with E-state index >= 15 is 0 Å². The molecule has 0 bridgehead atoms. The molecule has 1 fully saturated rings. The van der Waals surface area contributed by atoms with Crippen molar-refractivity contribution in [2.45, 2.75) is 44.4 Å². The second kappa shape index (κ2) is 6.61. The van der Waals surface area contributed by atoms with Crippen LogP contribution in [0.25, 0.3) is 0 Å². The summed E-state index contributed by atoms with van der Waals surface area (Å²) in [6, 6.07) is 6.12. The van der Waals surface area contributed by atoms with Gasteiger partial charge in [0.1, 0.15) is 11.9 Å². The van der Waals surface area contributed by atoms with Crippen molar-refractivity contribution in [3.8, 4) is 0 Å². The second-order valence-corrected chi connectivity index (χ2v) is 7.43. The summed E-state index contributed by atoms with van der Waals surface area (Å²) in [5.41, 5.74) is 1.23. The van der Waals surface area contributed by atoms with Gasteiger partial charge in [-0.2, -0.15) is 0 Å². The SMILES string of the molecule is C[C@@H](c1ccco1)N(C(=O)NC[C@@H]1OCCc2sccc21)C1CC1. The van der Waals surface area contributed by atoms with Gasteiger partial charge in [-0.3, -0.25) is 0 Å². The molecule has 2 atom stereocenters. The zero-order valence-corrected chi connectivity index (χ0v) is 14.6. The Labute approximate surface area is 145 Å². The molecule has 2 aliphatic rings. The fraction of sp³-hybridized carbons (Fsp3) is 0.500. The Morgan fingerprint density at radius 2 is 2.33 bits per heavy atom. The number of fused-ring (bicyclic) bond motifs is 1. The number of nitrogens with zero attached hydrogens (tertiary/aromatic N) is 1. The Kier molecular flexibility index (Phi) is 4.33. The van der Waals surface area contributed by atoms with Crippen molar-refractivity contribution in [1.82, 2.24) is 10.2 Å². The first-order valence-electron chi connectivity index (χ1n) is 8.51. The maximum absolute atomic E-state index is 12.8. The Morgan fingerprint density at radius 3 is 3.08 bits per heavy atom. The number of amides is 2. The lowest BCUT2D eigenvalue weighted by molar-refractivity contribution is 0.0437. The predicted molar refractivity (Wildman–Crippen MR) is 92.1 cm³/mol. The van der Waals surface area contributed by atoms with Crippen LogP contribution >= 0.6 is 11.3 Å². The lowest BCUT2D eigenvalue weighted by atomic mass is 10.1. The standard InChI is InChI=1S/C18H22N2O3S/c1-12(15-3-2-8-22-15)20(13-4-5-13)18(21)19-11-16-14-7-10-24-17(14)6-9-23-16/h2-3,7-8,10,12-13,16H,4-6,9,11H2,1H3,(H,19,21)/t12-,16-/m0/s1. The van der Waals surface area contributed by atoms with E-state index in [0.29, 0.717) is 12.6 Å². The number of urea groups is 1. The first-order valence-corrected chi connectivity index (χ1v) is 9.39. The van der Waals surface area contributed by atoms with E-state index in [9.17, 15) is 4.79 Å². The fourth-order valence-corrected chi connectivity index (χ4v) is 4.26. The molecule has 24 heavy (non-hydrogen) atoms. The lowest BCUT2D eigenvalue weighted by Crippen LogP contribution is -2.44. The summed E-state index contributed by atoms with van der Waals surface area (Å²) in [6.07, 6.45) is 4.72. The van der Waals surface area contributed by atoms with E-state index in [1.54, 1.807) is 17.6 Å². The van der Waals surface area contributed by atoms with Gasteiger partial charge in [-0.15, -0.1) is 11.3 Å². The first-order chi connectivity index (χ1) is 11.7. The summed E-state index contributed by atoms with van der Waals surface area (Å²) >= 11 is 1.77. The molecule has 3 heterocycles. The van der Waals surface area contributed by atoms with Gasteiger partial charge in [-0.1, -0.05) is 0 Å². The molecule has 5 nitrogen and oxygen atoms in total. The number of ether oxygens (including phenoxy) is 1. The summed E-state index contributed by atoms with van der Waals surface area (Å²) < 4.78 is 11.3. The van der Waals surface area contributed by atoms with E-state index in [1.807, 2.05) is 24.0 Å². The average molecular weight is 346 g/mol. The van der Waals surface area contributed by atoms with Crippen LogP contribution in [0.3, 0.4) is 0 Å². The second-order valence-electron chi connectivity index (χ2n) is 6.42. The molecule has 2 aromatic heterocycles. The minimum absolute atomic E-state index is 0.0349. The van der Waals surface area contributed by atoms with Gasteiger partial charge in [0.2, 0.25) is 0 Å². The Hall–Kier alpha value is -1.79. The zero-order valence-electron chi connectivity index (χ0n) is 13.7. The number of carbonyl (C=O) groups excluding carboxylic acids is 1. The molecule has 0 spiro atoms. The highest BCUT2D eigenvalue weighted by atomic mass is 32.1. The van der Waals surface area contributed by atoms with Crippen LogP contribution in [0.5, 0.6) is 0 Å². The average Bonchev–Trinajstić information content (AvgIpc) is 3.09. The normalized spacial score (nSPS) is 21.1. The number of carbonyl (C=O) groups is 1. The highest BCUT2D eigenvalue weighted by molar-refractivity contribution is 7.10. The van der Waals surface area contributed by atoms with Crippen LogP contribution in [0.15, 0.2) is 34.3 Å². The molecule has 1 aliphatic carbocycles. The molecule has 2 aromatic rings. The number of thiophene rings is 1.